The summed E-state index contributed by atoms with van der Waals surface area (Å²) in [6.07, 6.45) is 6.51. The van der Waals surface area contributed by atoms with Crippen LogP contribution >= 0.6 is 0 Å². The third kappa shape index (κ3) is 3.05. The molecule has 4 N–H and O–H groups in total. The molecule has 0 aliphatic heterocycles. The van der Waals surface area contributed by atoms with Gasteiger partial charge in [-0.2, -0.15) is 0 Å². The molecule has 3 rings (SSSR count). The Kier molecular flexibility index (Phi) is 4.27. The molecule has 0 amide bonds. The fourth-order valence-corrected chi connectivity index (χ4v) is 2.84. The van der Waals surface area contributed by atoms with Crippen LogP contribution in [-0.4, -0.2) is 15.4 Å². The van der Waals surface area contributed by atoms with Gasteiger partial charge in [0, 0.05) is 6.04 Å². The van der Waals surface area contributed by atoms with Crippen molar-refractivity contribution in [3.05, 3.63) is 47.9 Å². The number of aromatic nitrogens is 2. The Balaban J connectivity index is 1.66. The molecule has 6 heteroatoms. The zero-order chi connectivity index (χ0) is 15.4. The van der Waals surface area contributed by atoms with E-state index in [9.17, 15) is 0 Å². The molecule has 0 atom stereocenters. The van der Waals surface area contributed by atoms with Crippen molar-refractivity contribution >= 4 is 11.7 Å². The normalized spacial score (nSPS) is 16.1. The fraction of sp³-hybridized carbons (Fsp3) is 0.375. The Morgan fingerprint density at radius 3 is 2.73 bits per heavy atom. The van der Waals surface area contributed by atoms with E-state index in [1.165, 1.54) is 12.8 Å². The van der Waals surface area contributed by atoms with Crippen molar-refractivity contribution < 1.29 is 4.84 Å². The van der Waals surface area contributed by atoms with E-state index in [1.54, 1.807) is 6.33 Å². The molecule has 0 saturated heterocycles. The molecule has 0 spiro atoms. The van der Waals surface area contributed by atoms with Crippen LogP contribution < -0.4 is 11.5 Å². The second-order valence-corrected chi connectivity index (χ2v) is 5.56. The van der Waals surface area contributed by atoms with Crippen molar-refractivity contribution in [3.63, 3.8) is 0 Å². The number of imidazole rings is 1. The van der Waals surface area contributed by atoms with Crippen molar-refractivity contribution in [2.45, 2.75) is 38.3 Å². The highest BCUT2D eigenvalue weighted by atomic mass is 16.6. The van der Waals surface area contributed by atoms with Gasteiger partial charge in [-0.25, -0.2) is 4.98 Å². The molecule has 2 aromatic rings. The molecule has 1 aliphatic rings. The molecule has 116 valence electrons. The van der Waals surface area contributed by atoms with Gasteiger partial charge in [-0.3, -0.25) is 0 Å². The van der Waals surface area contributed by atoms with Gasteiger partial charge >= 0.3 is 0 Å². The first kappa shape index (κ1) is 14.4. The van der Waals surface area contributed by atoms with E-state index in [0.717, 1.165) is 18.4 Å². The summed E-state index contributed by atoms with van der Waals surface area (Å²) in [5, 5.41) is 3.93. The molecular formula is C16H21N5O. The molecule has 1 heterocycles. The Labute approximate surface area is 129 Å². The number of rotatable bonds is 5. The standard InChI is InChI=1S/C16H21N5O/c17-15(20-22-10-12-6-2-1-3-7-12)14-16(18)21(11-19-14)13-8-4-5-9-13/h1-3,6-7,11,13H,4-5,8-10,18H2,(H2,17,20). The Bertz CT molecular complexity index is 644. The van der Waals surface area contributed by atoms with Gasteiger partial charge in [0.1, 0.15) is 12.4 Å². The number of benzene rings is 1. The number of amidine groups is 1. The zero-order valence-corrected chi connectivity index (χ0v) is 12.5. The molecule has 1 fully saturated rings. The van der Waals surface area contributed by atoms with Crippen molar-refractivity contribution in [1.29, 1.82) is 0 Å². The largest absolute Gasteiger partial charge is 0.389 e. The quantitative estimate of drug-likeness (QED) is 0.504. The number of nitrogen functional groups attached to an aromatic ring is 1. The molecule has 1 saturated carbocycles. The summed E-state index contributed by atoms with van der Waals surface area (Å²) in [6, 6.07) is 10.2. The fourth-order valence-electron chi connectivity index (χ4n) is 2.84. The van der Waals surface area contributed by atoms with Gasteiger partial charge in [0.05, 0.1) is 6.33 Å². The number of nitrogens with zero attached hydrogens (tertiary/aromatic N) is 3. The third-order valence-corrected chi connectivity index (χ3v) is 4.03. The average Bonchev–Trinajstić information content (AvgIpc) is 3.17. The van der Waals surface area contributed by atoms with Crippen LogP contribution in [0.3, 0.4) is 0 Å². The minimum atomic E-state index is 0.213. The van der Waals surface area contributed by atoms with Gasteiger partial charge in [0.15, 0.2) is 11.5 Å². The summed E-state index contributed by atoms with van der Waals surface area (Å²) < 4.78 is 2.00. The number of nitrogens with two attached hydrogens (primary N) is 2. The van der Waals surface area contributed by atoms with Gasteiger partial charge in [0.2, 0.25) is 0 Å². The van der Waals surface area contributed by atoms with E-state index < -0.39 is 0 Å². The van der Waals surface area contributed by atoms with E-state index in [-0.39, 0.29) is 5.84 Å². The van der Waals surface area contributed by atoms with Gasteiger partial charge in [-0.15, -0.1) is 0 Å². The minimum Gasteiger partial charge on any atom is -0.389 e. The van der Waals surface area contributed by atoms with Crippen LogP contribution in [0.4, 0.5) is 5.82 Å². The van der Waals surface area contributed by atoms with Crippen LogP contribution in [0.15, 0.2) is 41.8 Å². The van der Waals surface area contributed by atoms with E-state index in [2.05, 4.69) is 10.1 Å². The molecule has 0 unspecified atom stereocenters. The summed E-state index contributed by atoms with van der Waals surface area (Å²) in [7, 11) is 0. The summed E-state index contributed by atoms with van der Waals surface area (Å²) >= 11 is 0. The maximum Gasteiger partial charge on any atom is 0.192 e. The first-order valence-electron chi connectivity index (χ1n) is 7.57. The Hall–Kier alpha value is -2.50. The second kappa shape index (κ2) is 6.51. The SMILES string of the molecule is NC(=NOCc1ccccc1)c1ncn(C2CCCC2)c1N. The van der Waals surface area contributed by atoms with Crippen LogP contribution in [0.25, 0.3) is 0 Å². The average molecular weight is 299 g/mol. The Morgan fingerprint density at radius 2 is 2.00 bits per heavy atom. The van der Waals surface area contributed by atoms with Gasteiger partial charge in [-0.1, -0.05) is 48.3 Å². The van der Waals surface area contributed by atoms with Crippen molar-refractivity contribution in [2.24, 2.45) is 10.9 Å². The van der Waals surface area contributed by atoms with Crippen molar-refractivity contribution in [3.8, 4) is 0 Å². The first-order valence-corrected chi connectivity index (χ1v) is 7.57. The number of hydrogen-bond donors (Lipinski definition) is 2. The lowest BCUT2D eigenvalue weighted by atomic mass is 10.2. The molecule has 6 nitrogen and oxygen atoms in total. The summed E-state index contributed by atoms with van der Waals surface area (Å²) in [5.41, 5.74) is 13.6. The summed E-state index contributed by atoms with van der Waals surface area (Å²) in [5.74, 6) is 0.779. The zero-order valence-electron chi connectivity index (χ0n) is 12.5. The highest BCUT2D eigenvalue weighted by Crippen LogP contribution is 2.31. The summed E-state index contributed by atoms with van der Waals surface area (Å²) in [6.45, 7) is 0.366. The van der Waals surface area contributed by atoms with Crippen molar-refractivity contribution in [2.75, 3.05) is 5.73 Å². The topological polar surface area (TPSA) is 91.5 Å². The highest BCUT2D eigenvalue weighted by Gasteiger charge is 2.21. The molecular weight excluding hydrogens is 278 g/mol. The first-order chi connectivity index (χ1) is 10.8. The maximum atomic E-state index is 6.15. The lowest BCUT2D eigenvalue weighted by Crippen LogP contribution is -2.17. The van der Waals surface area contributed by atoms with Crippen LogP contribution in [0.5, 0.6) is 0 Å². The van der Waals surface area contributed by atoms with Gasteiger partial charge in [-0.05, 0) is 18.4 Å². The van der Waals surface area contributed by atoms with Gasteiger partial charge < -0.3 is 20.9 Å². The molecule has 0 bridgehead atoms. The third-order valence-electron chi connectivity index (χ3n) is 4.03. The Morgan fingerprint density at radius 1 is 1.27 bits per heavy atom. The summed E-state index contributed by atoms with van der Waals surface area (Å²) in [4.78, 5) is 9.57. The smallest absolute Gasteiger partial charge is 0.192 e. The predicted molar refractivity (Wildman–Crippen MR) is 86.1 cm³/mol. The highest BCUT2D eigenvalue weighted by molar-refractivity contribution is 5.99. The van der Waals surface area contributed by atoms with Gasteiger partial charge in [0.25, 0.3) is 0 Å². The van der Waals surface area contributed by atoms with Crippen molar-refractivity contribution in [1.82, 2.24) is 9.55 Å². The van der Waals surface area contributed by atoms with E-state index in [1.807, 2.05) is 34.9 Å². The molecule has 1 aliphatic carbocycles. The van der Waals surface area contributed by atoms with Crippen LogP contribution in [0.1, 0.15) is 43.0 Å². The predicted octanol–water partition coefficient (Wildman–Crippen LogP) is 2.42. The number of hydrogen-bond acceptors (Lipinski definition) is 4. The maximum absolute atomic E-state index is 6.15. The molecule has 22 heavy (non-hydrogen) atoms. The molecule has 1 aromatic heterocycles. The lowest BCUT2D eigenvalue weighted by molar-refractivity contribution is 0.130. The van der Waals surface area contributed by atoms with Crippen LogP contribution in [0.2, 0.25) is 0 Å². The van der Waals surface area contributed by atoms with E-state index in [0.29, 0.717) is 24.2 Å². The second-order valence-electron chi connectivity index (χ2n) is 5.56. The molecule has 1 aromatic carbocycles. The van der Waals surface area contributed by atoms with E-state index >= 15 is 0 Å². The minimum absolute atomic E-state index is 0.213. The number of oxime groups is 1. The molecule has 0 radical (unpaired) electrons. The van der Waals surface area contributed by atoms with E-state index in [4.69, 9.17) is 16.3 Å². The monoisotopic (exact) mass is 299 g/mol. The number of anilines is 1. The lowest BCUT2D eigenvalue weighted by Gasteiger charge is -2.12. The van der Waals surface area contributed by atoms with Crippen LogP contribution in [-0.2, 0) is 11.4 Å². The van der Waals surface area contributed by atoms with Crippen LogP contribution in [0, 0.1) is 0 Å².